The maximum Gasteiger partial charge on any atom is 0.513 e. The Balaban J connectivity index is 3.99. The maximum atomic E-state index is 11.5. The van der Waals surface area contributed by atoms with Crippen molar-refractivity contribution in [1.82, 2.24) is 0 Å². The Hall–Kier alpha value is -1.24. The lowest BCUT2D eigenvalue weighted by atomic mass is 10.6. The monoisotopic (exact) mass is 155 g/mol. The summed E-state index contributed by atoms with van der Waals surface area (Å²) in [7, 11) is 0. The van der Waals surface area contributed by atoms with E-state index in [9.17, 15) is 18.4 Å². The Morgan fingerprint density at radius 2 is 1.90 bits per heavy atom. The van der Waals surface area contributed by atoms with E-state index in [2.05, 4.69) is 10.5 Å². The van der Waals surface area contributed by atoms with Crippen molar-refractivity contribution >= 4 is 12.1 Å². The average molecular weight is 155 g/mol. The van der Waals surface area contributed by atoms with E-state index < -0.39 is 18.2 Å². The van der Waals surface area contributed by atoms with Gasteiger partial charge >= 0.3 is 18.2 Å². The molecule has 0 aromatic carbocycles. The molecule has 0 rings (SSSR count). The van der Waals surface area contributed by atoms with Gasteiger partial charge in [0.05, 0.1) is 0 Å². The third kappa shape index (κ3) is 2.92. The summed E-state index contributed by atoms with van der Waals surface area (Å²) in [5.41, 5.74) is 3.86. The van der Waals surface area contributed by atoms with Crippen LogP contribution in [-0.2, 0) is 9.53 Å². The molecule has 0 unspecified atom stereocenters. The fraction of sp³-hybridized carbons (Fsp3) is 0.333. The summed E-state index contributed by atoms with van der Waals surface area (Å²) in [4.78, 5) is 19.2. The van der Waals surface area contributed by atoms with Crippen LogP contribution < -0.4 is 5.73 Å². The van der Waals surface area contributed by atoms with Gasteiger partial charge in [-0.15, -0.1) is 0 Å². The molecule has 5 nitrogen and oxygen atoms in total. The molecule has 0 heterocycles. The summed E-state index contributed by atoms with van der Waals surface area (Å²) in [5.74, 6) is -2.29. The van der Waals surface area contributed by atoms with E-state index in [1.54, 1.807) is 0 Å². The Morgan fingerprint density at radius 3 is 2.00 bits per heavy atom. The van der Waals surface area contributed by atoms with Crippen LogP contribution in [0.15, 0.2) is 0 Å². The Labute approximate surface area is 53.4 Å². The highest BCUT2D eigenvalue weighted by Gasteiger charge is 2.37. The van der Waals surface area contributed by atoms with Crippen molar-refractivity contribution in [2.45, 2.75) is 6.05 Å². The molecule has 0 aliphatic heterocycles. The molecule has 0 fully saturated rings. The first-order valence-electron chi connectivity index (χ1n) is 1.96. The van der Waals surface area contributed by atoms with Gasteiger partial charge in [0.1, 0.15) is 0 Å². The number of carboxylic acid groups (broad SMARTS) is 1. The van der Waals surface area contributed by atoms with Gasteiger partial charge in [-0.3, -0.25) is 5.73 Å². The molecule has 0 radical (unpaired) electrons. The van der Waals surface area contributed by atoms with Gasteiger partial charge in [-0.05, 0) is 0 Å². The molecule has 7 heteroatoms. The largest absolute Gasteiger partial charge is 0.513 e. The van der Waals surface area contributed by atoms with Crippen molar-refractivity contribution in [2.75, 3.05) is 0 Å². The number of halogens is 2. The highest BCUT2D eigenvalue weighted by Crippen LogP contribution is 2.05. The van der Waals surface area contributed by atoms with Crippen molar-refractivity contribution in [3.8, 4) is 0 Å². The maximum absolute atomic E-state index is 11.5. The van der Waals surface area contributed by atoms with Gasteiger partial charge in [0.25, 0.3) is 0 Å². The van der Waals surface area contributed by atoms with E-state index >= 15 is 0 Å². The predicted molar refractivity (Wildman–Crippen MR) is 23.3 cm³/mol. The van der Waals surface area contributed by atoms with Gasteiger partial charge in [-0.25, -0.2) is 9.59 Å². The third-order valence-electron chi connectivity index (χ3n) is 0.452. The topological polar surface area (TPSA) is 89.6 Å². The zero-order valence-electron chi connectivity index (χ0n) is 4.51. The van der Waals surface area contributed by atoms with Gasteiger partial charge in [0.15, 0.2) is 0 Å². The molecule has 3 N–H and O–H groups in total. The summed E-state index contributed by atoms with van der Waals surface area (Å²) >= 11 is 0. The minimum absolute atomic E-state index is 2.12. The van der Waals surface area contributed by atoms with Crippen LogP contribution in [0.3, 0.4) is 0 Å². The number of carbonyl (C=O) groups is 2. The smallest absolute Gasteiger partial charge is 0.449 e. The van der Waals surface area contributed by atoms with Crippen LogP contribution in [0.2, 0.25) is 0 Å². The number of rotatable bonds is 1. The van der Waals surface area contributed by atoms with Gasteiger partial charge in [-0.1, -0.05) is 0 Å². The van der Waals surface area contributed by atoms with Crippen molar-refractivity contribution in [1.29, 1.82) is 0 Å². The molecular weight excluding hydrogens is 152 g/mol. The van der Waals surface area contributed by atoms with Gasteiger partial charge in [-0.2, -0.15) is 8.78 Å². The van der Waals surface area contributed by atoms with Crippen LogP contribution in [0, 0.1) is 0 Å². The Kier molecular flexibility index (Phi) is 2.25. The first-order chi connectivity index (χ1) is 4.34. The normalized spacial score (nSPS) is 10.7. The molecule has 58 valence electrons. The number of alkyl halides is 2. The third-order valence-corrected chi connectivity index (χ3v) is 0.452. The number of nitrogens with two attached hydrogens (primary N) is 1. The van der Waals surface area contributed by atoms with E-state index in [0.29, 0.717) is 0 Å². The average Bonchev–Trinajstić information content (AvgIpc) is 1.60. The van der Waals surface area contributed by atoms with Gasteiger partial charge in [0.2, 0.25) is 0 Å². The summed E-state index contributed by atoms with van der Waals surface area (Å²) in [6.45, 7) is 0. The molecular formula is C3H3F2NO4. The SMILES string of the molecule is NC(F)(F)C(=O)OC(=O)O. The summed E-state index contributed by atoms with van der Waals surface area (Å²) < 4.78 is 26.0. The first kappa shape index (κ1) is 8.76. The second-order valence-corrected chi connectivity index (χ2v) is 1.28. The number of ether oxygens (including phenoxy) is 1. The fourth-order valence-corrected chi connectivity index (χ4v) is 0.147. The quantitative estimate of drug-likeness (QED) is 0.310. The van der Waals surface area contributed by atoms with Crippen LogP contribution in [0.5, 0.6) is 0 Å². The van der Waals surface area contributed by atoms with Crippen LogP contribution in [-0.4, -0.2) is 23.3 Å². The summed E-state index contributed by atoms with van der Waals surface area (Å²) in [6.07, 6.45) is -2.12. The van der Waals surface area contributed by atoms with E-state index in [1.165, 1.54) is 0 Å². The fourth-order valence-electron chi connectivity index (χ4n) is 0.147. The van der Waals surface area contributed by atoms with Gasteiger partial charge in [0, 0.05) is 0 Å². The van der Waals surface area contributed by atoms with Crippen LogP contribution in [0.25, 0.3) is 0 Å². The first-order valence-corrected chi connectivity index (χ1v) is 1.96. The number of carbonyl (C=O) groups excluding carboxylic acids is 1. The molecule has 0 aliphatic rings. The number of hydrogen-bond acceptors (Lipinski definition) is 4. The van der Waals surface area contributed by atoms with Gasteiger partial charge < -0.3 is 9.84 Å². The molecule has 10 heavy (non-hydrogen) atoms. The lowest BCUT2D eigenvalue weighted by molar-refractivity contribution is -0.165. The predicted octanol–water partition coefficient (Wildman–Crippen LogP) is -0.241. The molecule has 0 saturated carbocycles. The standard InChI is InChI=1S/C3H3F2NO4/c4-3(5,6)1(7)10-2(8)9/h6H2,(H,8,9). The summed E-state index contributed by atoms with van der Waals surface area (Å²) in [6, 6.07) is -4.25. The molecule has 0 bridgehead atoms. The van der Waals surface area contributed by atoms with E-state index in [0.717, 1.165) is 0 Å². The zero-order chi connectivity index (χ0) is 8.36. The van der Waals surface area contributed by atoms with E-state index in [-0.39, 0.29) is 0 Å². The molecule has 0 saturated heterocycles. The van der Waals surface area contributed by atoms with Crippen molar-refractivity contribution in [2.24, 2.45) is 5.73 Å². The van der Waals surface area contributed by atoms with Crippen LogP contribution in [0.1, 0.15) is 0 Å². The second kappa shape index (κ2) is 2.56. The molecule has 0 aromatic rings. The van der Waals surface area contributed by atoms with Crippen molar-refractivity contribution in [3.63, 3.8) is 0 Å². The van der Waals surface area contributed by atoms with Crippen molar-refractivity contribution in [3.05, 3.63) is 0 Å². The molecule has 0 atom stereocenters. The number of hydrogen-bond donors (Lipinski definition) is 2. The number of esters is 1. The van der Waals surface area contributed by atoms with Crippen LogP contribution in [0.4, 0.5) is 13.6 Å². The van der Waals surface area contributed by atoms with Crippen molar-refractivity contribution < 1.29 is 28.2 Å². The lowest BCUT2D eigenvalue weighted by Crippen LogP contribution is -2.40. The highest BCUT2D eigenvalue weighted by atomic mass is 19.3. The highest BCUT2D eigenvalue weighted by molar-refractivity contribution is 5.85. The molecule has 0 spiro atoms. The van der Waals surface area contributed by atoms with Crippen LogP contribution >= 0.6 is 0 Å². The zero-order valence-corrected chi connectivity index (χ0v) is 4.51. The molecule has 0 aliphatic carbocycles. The van der Waals surface area contributed by atoms with E-state index in [1.807, 2.05) is 0 Å². The van der Waals surface area contributed by atoms with E-state index in [4.69, 9.17) is 5.11 Å². The summed E-state index contributed by atoms with van der Waals surface area (Å²) in [5, 5.41) is 7.62. The second-order valence-electron chi connectivity index (χ2n) is 1.28. The molecule has 0 amide bonds. The minimum Gasteiger partial charge on any atom is -0.449 e. The lowest BCUT2D eigenvalue weighted by Gasteiger charge is -2.04. The molecule has 0 aromatic heterocycles. The Morgan fingerprint density at radius 1 is 1.50 bits per heavy atom. The minimum atomic E-state index is -4.25. The Bertz CT molecular complexity index is 162.